The predicted octanol–water partition coefficient (Wildman–Crippen LogP) is 2.50. The molecule has 1 heterocycles. The van der Waals surface area contributed by atoms with Crippen LogP contribution in [0.15, 0.2) is 11.6 Å². The summed E-state index contributed by atoms with van der Waals surface area (Å²) in [6.07, 6.45) is 5.47. The van der Waals surface area contributed by atoms with Gasteiger partial charge in [0.1, 0.15) is 0 Å². The molecular formula is C10H18O2. The van der Waals surface area contributed by atoms with Crippen molar-refractivity contribution < 1.29 is 9.47 Å². The van der Waals surface area contributed by atoms with Crippen LogP contribution in [0.3, 0.4) is 0 Å². The molecule has 0 aromatic carbocycles. The van der Waals surface area contributed by atoms with Crippen molar-refractivity contribution in [1.29, 1.82) is 0 Å². The topological polar surface area (TPSA) is 18.5 Å². The highest BCUT2D eigenvalue weighted by Gasteiger charge is 2.13. The minimum atomic E-state index is 0.0260. The summed E-state index contributed by atoms with van der Waals surface area (Å²) in [4.78, 5) is 0. The minimum absolute atomic E-state index is 0.0260. The van der Waals surface area contributed by atoms with Crippen LogP contribution in [0, 0.1) is 0 Å². The van der Waals surface area contributed by atoms with E-state index in [2.05, 4.69) is 19.9 Å². The summed E-state index contributed by atoms with van der Waals surface area (Å²) in [6, 6.07) is 0. The zero-order valence-corrected chi connectivity index (χ0v) is 8.01. The second-order valence-electron chi connectivity index (χ2n) is 2.98. The van der Waals surface area contributed by atoms with Crippen LogP contribution < -0.4 is 0 Å². The lowest BCUT2D eigenvalue weighted by Gasteiger charge is -2.06. The van der Waals surface area contributed by atoms with Crippen LogP contribution in [0.25, 0.3) is 0 Å². The van der Waals surface area contributed by atoms with Crippen molar-refractivity contribution >= 4 is 0 Å². The fraction of sp³-hybridized carbons (Fsp3) is 0.800. The van der Waals surface area contributed by atoms with Gasteiger partial charge in [0.15, 0.2) is 6.29 Å². The molecule has 0 radical (unpaired) electrons. The van der Waals surface area contributed by atoms with Crippen molar-refractivity contribution in [3.05, 3.63) is 11.6 Å². The molecule has 0 aliphatic carbocycles. The van der Waals surface area contributed by atoms with Crippen molar-refractivity contribution in [1.82, 2.24) is 0 Å². The standard InChI is InChI=1S/C10H18O2/c1-3-9(4-2)5-6-10-11-7-8-12-10/h5,10H,3-4,6-8H2,1-2H3. The van der Waals surface area contributed by atoms with Gasteiger partial charge >= 0.3 is 0 Å². The molecule has 0 unspecified atom stereocenters. The number of hydrogen-bond donors (Lipinski definition) is 0. The van der Waals surface area contributed by atoms with Gasteiger partial charge in [0, 0.05) is 6.42 Å². The van der Waals surface area contributed by atoms with Crippen LogP contribution in [0.5, 0.6) is 0 Å². The molecule has 0 amide bonds. The smallest absolute Gasteiger partial charge is 0.161 e. The molecule has 1 fully saturated rings. The number of allylic oxidation sites excluding steroid dienone is 1. The van der Waals surface area contributed by atoms with E-state index in [1.807, 2.05) is 0 Å². The first-order valence-corrected chi connectivity index (χ1v) is 4.78. The highest BCUT2D eigenvalue weighted by atomic mass is 16.7. The monoisotopic (exact) mass is 170 g/mol. The maximum atomic E-state index is 5.33. The van der Waals surface area contributed by atoms with Crippen molar-refractivity contribution in [2.24, 2.45) is 0 Å². The summed E-state index contributed by atoms with van der Waals surface area (Å²) in [5, 5.41) is 0. The van der Waals surface area contributed by atoms with E-state index in [0.717, 1.165) is 32.5 Å². The summed E-state index contributed by atoms with van der Waals surface area (Å²) in [5.41, 5.74) is 1.49. The Morgan fingerprint density at radius 1 is 1.25 bits per heavy atom. The minimum Gasteiger partial charge on any atom is -0.350 e. The van der Waals surface area contributed by atoms with Crippen LogP contribution in [-0.4, -0.2) is 19.5 Å². The first kappa shape index (κ1) is 9.75. The second-order valence-corrected chi connectivity index (χ2v) is 2.98. The highest BCUT2D eigenvalue weighted by molar-refractivity contribution is 5.00. The van der Waals surface area contributed by atoms with Crippen LogP contribution in [0.2, 0.25) is 0 Å². The molecule has 1 saturated heterocycles. The largest absolute Gasteiger partial charge is 0.350 e. The van der Waals surface area contributed by atoms with Crippen LogP contribution in [-0.2, 0) is 9.47 Å². The van der Waals surface area contributed by atoms with Gasteiger partial charge in [-0.3, -0.25) is 0 Å². The Kier molecular flexibility index (Phi) is 4.33. The molecule has 1 aliphatic rings. The van der Waals surface area contributed by atoms with Crippen molar-refractivity contribution in [3.63, 3.8) is 0 Å². The van der Waals surface area contributed by atoms with E-state index < -0.39 is 0 Å². The fourth-order valence-corrected chi connectivity index (χ4v) is 1.34. The summed E-state index contributed by atoms with van der Waals surface area (Å²) >= 11 is 0. The lowest BCUT2D eigenvalue weighted by molar-refractivity contribution is -0.0381. The zero-order chi connectivity index (χ0) is 8.81. The van der Waals surface area contributed by atoms with Gasteiger partial charge in [-0.25, -0.2) is 0 Å². The maximum absolute atomic E-state index is 5.33. The second kappa shape index (κ2) is 5.33. The maximum Gasteiger partial charge on any atom is 0.161 e. The SMILES string of the molecule is CCC(=CCC1OCCO1)CC. The molecule has 0 aromatic rings. The van der Waals surface area contributed by atoms with Gasteiger partial charge in [0.05, 0.1) is 13.2 Å². The summed E-state index contributed by atoms with van der Waals surface area (Å²) in [6.45, 7) is 5.88. The van der Waals surface area contributed by atoms with Gasteiger partial charge < -0.3 is 9.47 Å². The molecule has 1 rings (SSSR count). The third-order valence-corrected chi connectivity index (χ3v) is 2.20. The molecule has 0 bridgehead atoms. The number of hydrogen-bond acceptors (Lipinski definition) is 2. The van der Waals surface area contributed by atoms with E-state index in [4.69, 9.17) is 9.47 Å². The average Bonchev–Trinajstić information content (AvgIpc) is 2.59. The van der Waals surface area contributed by atoms with Crippen molar-refractivity contribution in [2.75, 3.05) is 13.2 Å². The average molecular weight is 170 g/mol. The zero-order valence-electron chi connectivity index (χ0n) is 8.01. The molecule has 12 heavy (non-hydrogen) atoms. The number of rotatable bonds is 4. The molecule has 2 nitrogen and oxygen atoms in total. The van der Waals surface area contributed by atoms with Gasteiger partial charge in [-0.15, -0.1) is 0 Å². The van der Waals surface area contributed by atoms with Crippen LogP contribution >= 0.6 is 0 Å². The Labute approximate surface area is 74.6 Å². The van der Waals surface area contributed by atoms with E-state index in [1.165, 1.54) is 5.57 Å². The number of ether oxygens (including phenoxy) is 2. The van der Waals surface area contributed by atoms with E-state index >= 15 is 0 Å². The van der Waals surface area contributed by atoms with Gasteiger partial charge in [-0.05, 0) is 12.8 Å². The molecule has 2 heteroatoms. The Morgan fingerprint density at radius 3 is 2.33 bits per heavy atom. The van der Waals surface area contributed by atoms with Crippen LogP contribution in [0.1, 0.15) is 33.1 Å². The Morgan fingerprint density at radius 2 is 1.83 bits per heavy atom. The summed E-state index contributed by atoms with van der Waals surface area (Å²) in [7, 11) is 0. The third-order valence-electron chi connectivity index (χ3n) is 2.20. The first-order valence-electron chi connectivity index (χ1n) is 4.78. The quantitative estimate of drug-likeness (QED) is 0.603. The van der Waals surface area contributed by atoms with Gasteiger partial charge in [-0.1, -0.05) is 25.5 Å². The molecule has 0 saturated carbocycles. The highest BCUT2D eigenvalue weighted by Crippen LogP contribution is 2.12. The Bertz CT molecular complexity index is 140. The van der Waals surface area contributed by atoms with Crippen molar-refractivity contribution in [3.8, 4) is 0 Å². The van der Waals surface area contributed by atoms with Gasteiger partial charge in [-0.2, -0.15) is 0 Å². The molecule has 0 N–H and O–H groups in total. The molecule has 0 atom stereocenters. The summed E-state index contributed by atoms with van der Waals surface area (Å²) < 4.78 is 10.7. The Hall–Kier alpha value is -0.340. The van der Waals surface area contributed by atoms with E-state index in [0.29, 0.717) is 0 Å². The molecule has 0 aromatic heterocycles. The van der Waals surface area contributed by atoms with E-state index in [9.17, 15) is 0 Å². The van der Waals surface area contributed by atoms with Gasteiger partial charge in [0.25, 0.3) is 0 Å². The molecule has 0 spiro atoms. The molecular weight excluding hydrogens is 152 g/mol. The molecule has 70 valence electrons. The van der Waals surface area contributed by atoms with Gasteiger partial charge in [0.2, 0.25) is 0 Å². The van der Waals surface area contributed by atoms with E-state index in [1.54, 1.807) is 0 Å². The lowest BCUT2D eigenvalue weighted by atomic mass is 10.1. The Balaban J connectivity index is 2.25. The lowest BCUT2D eigenvalue weighted by Crippen LogP contribution is -2.05. The predicted molar refractivity (Wildman–Crippen MR) is 49.0 cm³/mol. The third kappa shape index (κ3) is 2.95. The summed E-state index contributed by atoms with van der Waals surface area (Å²) in [5.74, 6) is 0. The fourth-order valence-electron chi connectivity index (χ4n) is 1.34. The molecule has 1 aliphatic heterocycles. The van der Waals surface area contributed by atoms with E-state index in [-0.39, 0.29) is 6.29 Å². The van der Waals surface area contributed by atoms with Crippen molar-refractivity contribution in [2.45, 2.75) is 39.4 Å². The first-order chi connectivity index (χ1) is 5.86. The normalized spacial score (nSPS) is 18.2. The van der Waals surface area contributed by atoms with Crippen LogP contribution in [0.4, 0.5) is 0 Å².